The number of hydrogen-bond acceptors (Lipinski definition) is 2. The Morgan fingerprint density at radius 3 is 2.12 bits per heavy atom. The molecule has 0 aliphatic carbocycles. The van der Waals surface area contributed by atoms with Crippen molar-refractivity contribution in [3.8, 4) is 11.5 Å². The zero-order valence-electron chi connectivity index (χ0n) is 12.9. The lowest BCUT2D eigenvalue weighted by Crippen LogP contribution is -1.91. The van der Waals surface area contributed by atoms with Gasteiger partial charge in [0.15, 0.2) is 0 Å². The van der Waals surface area contributed by atoms with Gasteiger partial charge < -0.3 is 10.2 Å². The molecule has 4 aromatic rings. The Morgan fingerprint density at radius 1 is 0.625 bits per heavy atom. The monoisotopic (exact) mass is 336 g/mol. The van der Waals surface area contributed by atoms with Gasteiger partial charge in [0.1, 0.15) is 11.5 Å². The largest absolute Gasteiger partial charge is 0.508 e. The van der Waals surface area contributed by atoms with E-state index < -0.39 is 0 Å². The highest BCUT2D eigenvalue weighted by Crippen LogP contribution is 2.30. The van der Waals surface area contributed by atoms with Gasteiger partial charge in [0, 0.05) is 12.0 Å². The van der Waals surface area contributed by atoms with Gasteiger partial charge in [-0.05, 0) is 57.4 Å². The maximum absolute atomic E-state index is 10.0. The summed E-state index contributed by atoms with van der Waals surface area (Å²) in [5.74, 6) is 0.379. The maximum Gasteiger partial charge on any atom is 0.119 e. The van der Waals surface area contributed by atoms with E-state index in [-0.39, 0.29) is 23.9 Å². The van der Waals surface area contributed by atoms with Crippen LogP contribution in [0.3, 0.4) is 0 Å². The predicted octanol–water partition coefficient (Wildman–Crippen LogP) is 5.42. The van der Waals surface area contributed by atoms with Crippen LogP contribution in [-0.2, 0) is 6.42 Å². The SMILES string of the molecule is Cl.Oc1ccc(O)c(Cc2cccc3cc4ccccc4cc23)c1. The summed E-state index contributed by atoms with van der Waals surface area (Å²) in [6.07, 6.45) is 0.579. The number of phenols is 2. The van der Waals surface area contributed by atoms with E-state index in [1.165, 1.54) is 33.7 Å². The van der Waals surface area contributed by atoms with Crippen LogP contribution in [0.4, 0.5) is 0 Å². The first-order chi connectivity index (χ1) is 11.2. The smallest absolute Gasteiger partial charge is 0.119 e. The Labute approximate surface area is 146 Å². The van der Waals surface area contributed by atoms with E-state index in [1.54, 1.807) is 6.07 Å². The van der Waals surface area contributed by atoms with Crippen LogP contribution in [0.5, 0.6) is 11.5 Å². The van der Waals surface area contributed by atoms with Crippen LogP contribution >= 0.6 is 12.4 Å². The molecule has 120 valence electrons. The number of phenolic OH excluding ortho intramolecular Hbond substituents is 2. The molecular formula is C21H17ClO2. The third-order valence-electron chi connectivity index (χ3n) is 4.28. The van der Waals surface area contributed by atoms with Crippen LogP contribution in [0.2, 0.25) is 0 Å². The van der Waals surface area contributed by atoms with E-state index in [0.29, 0.717) is 6.42 Å². The molecule has 0 aliphatic heterocycles. The van der Waals surface area contributed by atoms with Gasteiger partial charge >= 0.3 is 0 Å². The van der Waals surface area contributed by atoms with E-state index in [9.17, 15) is 10.2 Å². The molecule has 0 atom stereocenters. The lowest BCUT2D eigenvalue weighted by atomic mass is 9.95. The molecule has 0 aromatic heterocycles. The molecule has 0 spiro atoms. The van der Waals surface area contributed by atoms with Crippen LogP contribution in [0.1, 0.15) is 11.1 Å². The predicted molar refractivity (Wildman–Crippen MR) is 101 cm³/mol. The van der Waals surface area contributed by atoms with Crippen molar-refractivity contribution < 1.29 is 10.2 Å². The van der Waals surface area contributed by atoms with E-state index in [1.807, 2.05) is 18.2 Å². The molecule has 3 heteroatoms. The Bertz CT molecular complexity index is 1020. The number of hydrogen-bond donors (Lipinski definition) is 2. The summed E-state index contributed by atoms with van der Waals surface area (Å²) in [5, 5.41) is 24.5. The number of benzene rings is 4. The normalized spacial score (nSPS) is 10.7. The quantitative estimate of drug-likeness (QED) is 0.379. The van der Waals surface area contributed by atoms with E-state index in [4.69, 9.17) is 0 Å². The average Bonchev–Trinajstić information content (AvgIpc) is 2.57. The third kappa shape index (κ3) is 2.89. The van der Waals surface area contributed by atoms with Gasteiger partial charge in [-0.2, -0.15) is 0 Å². The van der Waals surface area contributed by atoms with Gasteiger partial charge in [-0.15, -0.1) is 12.4 Å². The van der Waals surface area contributed by atoms with Gasteiger partial charge in [-0.1, -0.05) is 42.5 Å². The summed E-state index contributed by atoms with van der Waals surface area (Å²) in [6, 6.07) is 23.5. The Balaban J connectivity index is 0.00000169. The Morgan fingerprint density at radius 2 is 1.33 bits per heavy atom. The van der Waals surface area contributed by atoms with Gasteiger partial charge in [0.25, 0.3) is 0 Å². The maximum atomic E-state index is 10.0. The van der Waals surface area contributed by atoms with Crippen molar-refractivity contribution in [3.05, 3.63) is 83.9 Å². The number of fused-ring (bicyclic) bond motifs is 2. The number of rotatable bonds is 2. The molecule has 0 heterocycles. The average molecular weight is 337 g/mol. The minimum absolute atomic E-state index is 0. The third-order valence-corrected chi connectivity index (χ3v) is 4.28. The first-order valence-corrected chi connectivity index (χ1v) is 7.62. The standard InChI is InChI=1S/C21H16O2.ClH/c22-19-8-9-21(23)18(12-19)11-17-7-3-6-16-10-14-4-1-2-5-15(14)13-20(16)17;/h1-10,12-13,22-23H,11H2;1H. The zero-order valence-corrected chi connectivity index (χ0v) is 13.8. The van der Waals surface area contributed by atoms with Crippen molar-refractivity contribution in [3.63, 3.8) is 0 Å². The molecule has 0 unspecified atom stereocenters. The molecule has 2 nitrogen and oxygen atoms in total. The van der Waals surface area contributed by atoms with Gasteiger partial charge in [-0.3, -0.25) is 0 Å². The van der Waals surface area contributed by atoms with Crippen molar-refractivity contribution in [2.75, 3.05) is 0 Å². The molecule has 24 heavy (non-hydrogen) atoms. The topological polar surface area (TPSA) is 40.5 Å². The van der Waals surface area contributed by atoms with Gasteiger partial charge in [-0.25, -0.2) is 0 Å². The summed E-state index contributed by atoms with van der Waals surface area (Å²) in [4.78, 5) is 0. The van der Waals surface area contributed by atoms with Crippen LogP contribution in [-0.4, -0.2) is 10.2 Å². The summed E-state index contributed by atoms with van der Waals surface area (Å²) in [6.45, 7) is 0. The van der Waals surface area contributed by atoms with Crippen LogP contribution in [0, 0.1) is 0 Å². The minimum Gasteiger partial charge on any atom is -0.508 e. The Hall–Kier alpha value is -2.71. The van der Waals surface area contributed by atoms with Crippen molar-refractivity contribution in [2.24, 2.45) is 0 Å². The highest BCUT2D eigenvalue weighted by atomic mass is 35.5. The molecule has 0 aliphatic rings. The first-order valence-electron chi connectivity index (χ1n) is 7.62. The second-order valence-electron chi connectivity index (χ2n) is 5.83. The van der Waals surface area contributed by atoms with Gasteiger partial charge in [0.2, 0.25) is 0 Å². The summed E-state index contributed by atoms with van der Waals surface area (Å²) >= 11 is 0. The molecule has 0 bridgehead atoms. The molecule has 4 aromatic carbocycles. The molecule has 0 fully saturated rings. The van der Waals surface area contributed by atoms with Crippen molar-refractivity contribution in [1.82, 2.24) is 0 Å². The highest BCUT2D eigenvalue weighted by Gasteiger charge is 2.08. The Kier molecular flexibility index (Phi) is 4.32. The van der Waals surface area contributed by atoms with E-state index >= 15 is 0 Å². The number of halogens is 1. The summed E-state index contributed by atoms with van der Waals surface area (Å²) in [5.41, 5.74) is 1.86. The fourth-order valence-electron chi connectivity index (χ4n) is 3.10. The fraction of sp³-hybridized carbons (Fsp3) is 0.0476. The highest BCUT2D eigenvalue weighted by molar-refractivity contribution is 5.99. The lowest BCUT2D eigenvalue weighted by Gasteiger charge is -2.10. The zero-order chi connectivity index (χ0) is 15.8. The number of aromatic hydroxyl groups is 2. The summed E-state index contributed by atoms with van der Waals surface area (Å²) < 4.78 is 0. The summed E-state index contributed by atoms with van der Waals surface area (Å²) in [7, 11) is 0. The van der Waals surface area contributed by atoms with E-state index in [0.717, 1.165) is 11.1 Å². The second-order valence-corrected chi connectivity index (χ2v) is 5.83. The second kappa shape index (κ2) is 6.42. The molecule has 2 N–H and O–H groups in total. The molecular weight excluding hydrogens is 320 g/mol. The van der Waals surface area contributed by atoms with E-state index in [2.05, 4.69) is 36.4 Å². The lowest BCUT2D eigenvalue weighted by molar-refractivity contribution is 0.455. The molecule has 0 saturated carbocycles. The van der Waals surface area contributed by atoms with Crippen molar-refractivity contribution in [1.29, 1.82) is 0 Å². The molecule has 0 saturated heterocycles. The van der Waals surface area contributed by atoms with Crippen LogP contribution < -0.4 is 0 Å². The molecule has 0 amide bonds. The first kappa shape index (κ1) is 16.2. The van der Waals surface area contributed by atoms with Crippen molar-refractivity contribution >= 4 is 34.0 Å². The molecule has 0 radical (unpaired) electrons. The fourth-order valence-corrected chi connectivity index (χ4v) is 3.10. The minimum atomic E-state index is 0. The van der Waals surface area contributed by atoms with Crippen LogP contribution in [0.15, 0.2) is 72.8 Å². The van der Waals surface area contributed by atoms with Gasteiger partial charge in [0.05, 0.1) is 0 Å². The van der Waals surface area contributed by atoms with Crippen LogP contribution in [0.25, 0.3) is 21.5 Å². The van der Waals surface area contributed by atoms with Crippen molar-refractivity contribution in [2.45, 2.75) is 6.42 Å². The molecule has 4 rings (SSSR count).